The van der Waals surface area contributed by atoms with Crippen molar-refractivity contribution in [3.63, 3.8) is 0 Å². The number of carbonyl (C=O) groups is 1. The van der Waals surface area contributed by atoms with Crippen LogP contribution in [0.4, 0.5) is 42.5 Å². The van der Waals surface area contributed by atoms with E-state index in [1.165, 1.54) is 30.6 Å². The van der Waals surface area contributed by atoms with Gasteiger partial charge in [-0.25, -0.2) is 4.79 Å². The quantitative estimate of drug-likeness (QED) is 0.177. The van der Waals surface area contributed by atoms with Gasteiger partial charge in [0.15, 0.2) is 0 Å². The molecule has 0 spiro atoms. The highest BCUT2D eigenvalue weighted by Gasteiger charge is 2.32. The van der Waals surface area contributed by atoms with E-state index in [0.717, 1.165) is 31.4 Å². The van der Waals surface area contributed by atoms with Crippen LogP contribution in [0, 0.1) is 0 Å². The number of benzene rings is 2. The molecule has 0 aliphatic carbocycles. The first-order valence-electron chi connectivity index (χ1n) is 15.3. The Kier molecular flexibility index (Phi) is 20.1. The van der Waals surface area contributed by atoms with Crippen LogP contribution in [0.3, 0.4) is 0 Å². The number of hydrogen-bond donors (Lipinski definition) is 3. The maximum absolute atomic E-state index is 12.1. The number of halogens is 7. The lowest BCUT2D eigenvalue weighted by Crippen LogP contribution is -2.44. The number of nitrogens with one attached hydrogen (secondary N) is 2. The van der Waals surface area contributed by atoms with E-state index < -0.39 is 18.3 Å². The van der Waals surface area contributed by atoms with Crippen LogP contribution in [0.25, 0.3) is 0 Å². The predicted molar refractivity (Wildman–Crippen MR) is 175 cm³/mol. The Morgan fingerprint density at radius 2 is 1.30 bits per heavy atom. The van der Waals surface area contributed by atoms with Crippen LogP contribution in [0.1, 0.15) is 67.2 Å². The zero-order chi connectivity index (χ0) is 36.3. The summed E-state index contributed by atoms with van der Waals surface area (Å²) in [5.74, 6) is -0.474. The standard InChI is InChI=1S/C17H23F3N2O3.C12H17F3N2O.C2H6.CH3Cl/c1-16(2,3)25-15(23)22-10-8-13(9-11-22)21-12-4-6-14(7-5-12)24-17(18,19)20;1-2-9(7-8-16)17-10-3-5-11(6-4-10)18-12(13,14)15;2*1-2/h4-7,13,21H,8-11H2,1-3H3;3-6,9,17H,2,7-8,16H2,1H3;1-2H3;1H3. The molecule has 8 nitrogen and oxygen atoms in total. The van der Waals surface area contributed by atoms with Crippen molar-refractivity contribution in [3.05, 3.63) is 48.5 Å². The van der Waals surface area contributed by atoms with Crippen LogP contribution < -0.4 is 25.8 Å². The molecule has 4 N–H and O–H groups in total. The van der Waals surface area contributed by atoms with Crippen molar-refractivity contribution in [2.75, 3.05) is 36.7 Å². The lowest BCUT2D eigenvalue weighted by atomic mass is 10.0. The second-order valence-corrected chi connectivity index (χ2v) is 10.9. The Morgan fingerprint density at radius 1 is 0.872 bits per heavy atom. The molecule has 1 saturated heterocycles. The summed E-state index contributed by atoms with van der Waals surface area (Å²) in [5, 5.41) is 6.47. The topological polar surface area (TPSA) is 98.1 Å². The number of nitrogens with two attached hydrogens (primary N) is 1. The first-order chi connectivity index (χ1) is 22.0. The highest BCUT2D eigenvalue weighted by atomic mass is 35.5. The summed E-state index contributed by atoms with van der Waals surface area (Å²) >= 11 is 4.64. The van der Waals surface area contributed by atoms with Crippen molar-refractivity contribution < 1.29 is 45.3 Å². The molecule has 1 heterocycles. The maximum Gasteiger partial charge on any atom is 0.573 e. The molecule has 2 aromatic rings. The van der Waals surface area contributed by atoms with Gasteiger partial charge in [0, 0.05) is 42.9 Å². The summed E-state index contributed by atoms with van der Waals surface area (Å²) in [5.41, 5.74) is 6.41. The third kappa shape index (κ3) is 20.6. The fourth-order valence-electron chi connectivity index (χ4n) is 4.09. The Morgan fingerprint density at radius 3 is 1.66 bits per heavy atom. The van der Waals surface area contributed by atoms with Crippen molar-refractivity contribution in [2.24, 2.45) is 5.73 Å². The van der Waals surface area contributed by atoms with Gasteiger partial charge in [0.2, 0.25) is 0 Å². The van der Waals surface area contributed by atoms with E-state index >= 15 is 0 Å². The third-order valence-corrected chi connectivity index (χ3v) is 6.07. The second kappa shape index (κ2) is 21.6. The van der Waals surface area contributed by atoms with Gasteiger partial charge in [-0.1, -0.05) is 20.8 Å². The average molecular weight is 703 g/mol. The molecule has 1 amide bonds. The molecule has 1 aliphatic rings. The molecule has 1 unspecified atom stereocenters. The van der Waals surface area contributed by atoms with E-state index in [9.17, 15) is 31.1 Å². The van der Waals surface area contributed by atoms with E-state index in [0.29, 0.717) is 25.3 Å². The van der Waals surface area contributed by atoms with E-state index in [1.54, 1.807) is 29.2 Å². The van der Waals surface area contributed by atoms with E-state index in [2.05, 4.69) is 31.7 Å². The molecule has 47 heavy (non-hydrogen) atoms. The zero-order valence-electron chi connectivity index (χ0n) is 28.0. The molecule has 1 aliphatic heterocycles. The van der Waals surface area contributed by atoms with Crippen molar-refractivity contribution >= 4 is 29.1 Å². The Labute approximate surface area is 279 Å². The minimum absolute atomic E-state index is 0.146. The van der Waals surface area contributed by atoms with Crippen molar-refractivity contribution in [3.8, 4) is 11.5 Å². The molecule has 1 fully saturated rings. The van der Waals surface area contributed by atoms with E-state index in [-0.39, 0.29) is 29.7 Å². The lowest BCUT2D eigenvalue weighted by molar-refractivity contribution is -0.275. The molecule has 2 aromatic carbocycles. The van der Waals surface area contributed by atoms with Crippen molar-refractivity contribution in [2.45, 2.75) is 97.6 Å². The minimum Gasteiger partial charge on any atom is -0.444 e. The number of rotatable bonds is 9. The number of amides is 1. The number of carbonyl (C=O) groups excluding carboxylic acids is 1. The van der Waals surface area contributed by atoms with Gasteiger partial charge in [0.1, 0.15) is 17.1 Å². The highest BCUT2D eigenvalue weighted by molar-refractivity contribution is 6.15. The minimum atomic E-state index is -4.69. The lowest BCUT2D eigenvalue weighted by Gasteiger charge is -2.34. The Balaban J connectivity index is 0.000000850. The number of alkyl halides is 7. The molecule has 0 radical (unpaired) electrons. The van der Waals surface area contributed by atoms with Gasteiger partial charge < -0.3 is 35.5 Å². The predicted octanol–water partition coefficient (Wildman–Crippen LogP) is 9.40. The molecule has 0 aromatic heterocycles. The zero-order valence-corrected chi connectivity index (χ0v) is 28.8. The number of hydrogen-bond acceptors (Lipinski definition) is 7. The van der Waals surface area contributed by atoms with Gasteiger partial charge in [-0.15, -0.1) is 37.9 Å². The highest BCUT2D eigenvalue weighted by Crippen LogP contribution is 2.26. The van der Waals surface area contributed by atoms with Crippen molar-refractivity contribution in [1.29, 1.82) is 0 Å². The SMILES string of the molecule is CC.CC(C)(C)OC(=O)N1CCC(Nc2ccc(OC(F)(F)F)cc2)CC1.CCC(CCN)Nc1ccc(OC(F)(F)F)cc1.CCl. The van der Waals surface area contributed by atoms with Crippen LogP contribution in [-0.4, -0.2) is 67.4 Å². The van der Waals surface area contributed by atoms with E-state index in [1.807, 2.05) is 41.5 Å². The van der Waals surface area contributed by atoms with E-state index in [4.69, 9.17) is 10.5 Å². The van der Waals surface area contributed by atoms with Crippen molar-refractivity contribution in [1.82, 2.24) is 4.90 Å². The molecule has 3 rings (SSSR count). The number of piperidine rings is 1. The molecule has 0 saturated carbocycles. The Bertz CT molecular complexity index is 1110. The third-order valence-electron chi connectivity index (χ3n) is 6.07. The van der Waals surface area contributed by atoms with Crippen LogP contribution in [0.15, 0.2) is 48.5 Å². The van der Waals surface area contributed by atoms with Gasteiger partial charge in [-0.05, 0) is 102 Å². The summed E-state index contributed by atoms with van der Waals surface area (Å²) < 4.78 is 85.3. The molecular formula is C32H49ClF6N4O4. The van der Waals surface area contributed by atoms with Gasteiger partial charge in [-0.2, -0.15) is 0 Å². The van der Waals surface area contributed by atoms with Crippen LogP contribution in [0.5, 0.6) is 11.5 Å². The summed E-state index contributed by atoms with van der Waals surface area (Å²) in [6, 6.07) is 11.7. The second-order valence-electron chi connectivity index (χ2n) is 10.9. The van der Waals surface area contributed by atoms with Crippen LogP contribution in [-0.2, 0) is 4.74 Å². The first kappa shape index (κ1) is 43.7. The molecule has 1 atom stereocenters. The fourth-order valence-corrected chi connectivity index (χ4v) is 4.09. The normalized spacial score (nSPS) is 14.1. The van der Waals surface area contributed by atoms with Gasteiger partial charge in [0.25, 0.3) is 0 Å². The number of likely N-dealkylation sites (tertiary alicyclic amines) is 1. The fraction of sp³-hybridized carbons (Fsp3) is 0.594. The number of ether oxygens (including phenoxy) is 3. The summed E-state index contributed by atoms with van der Waals surface area (Å²) in [6.45, 7) is 13.2. The first-order valence-corrected chi connectivity index (χ1v) is 16.0. The summed E-state index contributed by atoms with van der Waals surface area (Å²) in [7, 11) is 0. The van der Waals surface area contributed by atoms with Gasteiger partial charge in [0.05, 0.1) is 0 Å². The molecule has 0 bridgehead atoms. The largest absolute Gasteiger partial charge is 0.573 e. The smallest absolute Gasteiger partial charge is 0.444 e. The summed E-state index contributed by atoms with van der Waals surface area (Å²) in [6.07, 6.45) is -5.00. The van der Waals surface area contributed by atoms with Gasteiger partial charge >= 0.3 is 18.8 Å². The number of nitrogens with zero attached hydrogens (tertiary/aromatic N) is 1. The molecule has 270 valence electrons. The van der Waals surface area contributed by atoms with Crippen LogP contribution >= 0.6 is 11.6 Å². The molecular weight excluding hydrogens is 654 g/mol. The maximum atomic E-state index is 12.1. The monoisotopic (exact) mass is 702 g/mol. The summed E-state index contributed by atoms with van der Waals surface area (Å²) in [4.78, 5) is 13.7. The number of anilines is 2. The van der Waals surface area contributed by atoms with Gasteiger partial charge in [-0.3, -0.25) is 0 Å². The van der Waals surface area contributed by atoms with Crippen LogP contribution in [0.2, 0.25) is 0 Å². The molecule has 15 heteroatoms. The average Bonchev–Trinajstić information content (AvgIpc) is 2.99. The Hall–Kier alpha value is -3.26.